The molecular formula is C18H27NO2. The number of nitrogens with one attached hydrogen (secondary N) is 1. The maximum atomic E-state index is 9.56. The third-order valence-electron chi connectivity index (χ3n) is 5.23. The fraction of sp³-hybridized carbons (Fsp3) is 0.667. The summed E-state index contributed by atoms with van der Waals surface area (Å²) in [6, 6.07) is 8.73. The topological polar surface area (TPSA) is 41.5 Å². The minimum Gasteiger partial charge on any atom is -0.493 e. The van der Waals surface area contributed by atoms with Crippen molar-refractivity contribution in [3.63, 3.8) is 0 Å². The number of aliphatic hydroxyl groups excluding tert-OH is 1. The van der Waals surface area contributed by atoms with Gasteiger partial charge in [0.25, 0.3) is 0 Å². The van der Waals surface area contributed by atoms with Gasteiger partial charge in [-0.1, -0.05) is 38.0 Å². The highest BCUT2D eigenvalue weighted by Crippen LogP contribution is 2.36. The number of aliphatic hydroxyl groups is 1. The van der Waals surface area contributed by atoms with Gasteiger partial charge < -0.3 is 15.2 Å². The molecule has 3 rings (SSSR count). The molecule has 21 heavy (non-hydrogen) atoms. The molecule has 0 spiro atoms. The summed E-state index contributed by atoms with van der Waals surface area (Å²) in [7, 11) is 0. The molecule has 1 aliphatic heterocycles. The minimum atomic E-state index is 0.340. The Kier molecular flexibility index (Phi) is 4.81. The van der Waals surface area contributed by atoms with Crippen LogP contribution < -0.4 is 10.1 Å². The van der Waals surface area contributed by atoms with Crippen molar-refractivity contribution in [3.05, 3.63) is 29.8 Å². The third kappa shape index (κ3) is 3.24. The number of rotatable bonds is 4. The average molecular weight is 289 g/mol. The Morgan fingerprint density at radius 2 is 1.95 bits per heavy atom. The normalized spacial score (nSPS) is 32.3. The molecule has 2 N–H and O–H groups in total. The van der Waals surface area contributed by atoms with Crippen molar-refractivity contribution in [2.24, 2.45) is 17.8 Å². The summed E-state index contributed by atoms with van der Waals surface area (Å²) in [6.45, 7) is 4.38. The van der Waals surface area contributed by atoms with Gasteiger partial charge in [0.2, 0.25) is 0 Å². The van der Waals surface area contributed by atoms with Crippen molar-refractivity contribution in [3.8, 4) is 5.75 Å². The van der Waals surface area contributed by atoms with E-state index >= 15 is 0 Å². The molecule has 3 heteroatoms. The van der Waals surface area contributed by atoms with Crippen LogP contribution in [0, 0.1) is 17.8 Å². The van der Waals surface area contributed by atoms with E-state index in [2.05, 4.69) is 30.4 Å². The summed E-state index contributed by atoms with van der Waals surface area (Å²) in [4.78, 5) is 0. The van der Waals surface area contributed by atoms with Gasteiger partial charge in [-0.2, -0.15) is 0 Å². The first-order valence-corrected chi connectivity index (χ1v) is 8.35. The summed E-state index contributed by atoms with van der Waals surface area (Å²) in [5.41, 5.74) is 1.28. The van der Waals surface area contributed by atoms with Crippen LogP contribution in [0.1, 0.15) is 44.2 Å². The van der Waals surface area contributed by atoms with Crippen LogP contribution in [0.3, 0.4) is 0 Å². The maximum Gasteiger partial charge on any atom is 0.124 e. The maximum absolute atomic E-state index is 9.56. The largest absolute Gasteiger partial charge is 0.493 e. The first kappa shape index (κ1) is 14.9. The Hall–Kier alpha value is -1.06. The van der Waals surface area contributed by atoms with Gasteiger partial charge in [-0.15, -0.1) is 0 Å². The molecule has 3 nitrogen and oxygen atoms in total. The third-order valence-corrected chi connectivity index (χ3v) is 5.23. The predicted octanol–water partition coefficient (Wildman–Crippen LogP) is 3.14. The van der Waals surface area contributed by atoms with Crippen LogP contribution in [0.2, 0.25) is 0 Å². The van der Waals surface area contributed by atoms with Crippen LogP contribution in [0.25, 0.3) is 0 Å². The van der Waals surface area contributed by atoms with Gasteiger partial charge in [-0.25, -0.2) is 0 Å². The molecular weight excluding hydrogens is 262 g/mol. The highest BCUT2D eigenvalue weighted by Gasteiger charge is 2.30. The van der Waals surface area contributed by atoms with Gasteiger partial charge in [0.05, 0.1) is 6.61 Å². The fourth-order valence-corrected chi connectivity index (χ4v) is 3.88. The Balaban J connectivity index is 1.66. The molecule has 1 aromatic carbocycles. The highest BCUT2D eigenvalue weighted by atomic mass is 16.5. The lowest BCUT2D eigenvalue weighted by Crippen LogP contribution is -2.39. The minimum absolute atomic E-state index is 0.340. The molecule has 116 valence electrons. The van der Waals surface area contributed by atoms with E-state index in [-0.39, 0.29) is 0 Å². The van der Waals surface area contributed by atoms with Gasteiger partial charge in [0, 0.05) is 24.1 Å². The summed E-state index contributed by atoms with van der Waals surface area (Å²) in [6.07, 6.45) is 5.02. The van der Waals surface area contributed by atoms with Gasteiger partial charge in [0.1, 0.15) is 5.75 Å². The van der Waals surface area contributed by atoms with Gasteiger partial charge >= 0.3 is 0 Å². The molecule has 1 heterocycles. The van der Waals surface area contributed by atoms with E-state index < -0.39 is 0 Å². The predicted molar refractivity (Wildman–Crippen MR) is 84.4 cm³/mol. The van der Waals surface area contributed by atoms with Crippen molar-refractivity contribution >= 4 is 0 Å². The molecule has 0 aromatic heterocycles. The Morgan fingerprint density at radius 1 is 1.19 bits per heavy atom. The van der Waals surface area contributed by atoms with E-state index in [1.54, 1.807) is 0 Å². The van der Waals surface area contributed by atoms with Crippen LogP contribution >= 0.6 is 0 Å². The zero-order valence-electron chi connectivity index (χ0n) is 12.9. The molecule has 1 aliphatic carbocycles. The Labute approximate surface area is 127 Å². The van der Waals surface area contributed by atoms with E-state index in [0.29, 0.717) is 30.4 Å². The lowest BCUT2D eigenvalue weighted by molar-refractivity contribution is 0.122. The number of fused-ring (bicyclic) bond motifs is 1. The smallest absolute Gasteiger partial charge is 0.124 e. The molecule has 4 unspecified atom stereocenters. The Bertz CT molecular complexity index is 462. The van der Waals surface area contributed by atoms with E-state index in [1.165, 1.54) is 31.2 Å². The summed E-state index contributed by atoms with van der Waals surface area (Å²) >= 11 is 0. The lowest BCUT2D eigenvalue weighted by atomic mass is 9.79. The van der Waals surface area contributed by atoms with Crippen LogP contribution in [0.4, 0.5) is 0 Å². The number of para-hydroxylation sites is 1. The van der Waals surface area contributed by atoms with Crippen LogP contribution in [0.5, 0.6) is 5.75 Å². The molecule has 2 aliphatic rings. The molecule has 1 fully saturated rings. The number of hydrogen-bond acceptors (Lipinski definition) is 3. The number of ether oxygens (including phenoxy) is 1. The first-order valence-electron chi connectivity index (χ1n) is 8.35. The summed E-state index contributed by atoms with van der Waals surface area (Å²) < 4.78 is 5.82. The quantitative estimate of drug-likeness (QED) is 0.894. The van der Waals surface area contributed by atoms with Crippen molar-refractivity contribution in [1.82, 2.24) is 5.32 Å². The molecule has 0 amide bonds. The van der Waals surface area contributed by atoms with E-state index in [9.17, 15) is 5.11 Å². The van der Waals surface area contributed by atoms with Crippen LogP contribution in [0.15, 0.2) is 24.3 Å². The summed E-state index contributed by atoms with van der Waals surface area (Å²) in [5.74, 6) is 2.61. The second-order valence-corrected chi connectivity index (χ2v) is 6.70. The van der Waals surface area contributed by atoms with Crippen molar-refractivity contribution in [2.75, 3.05) is 19.8 Å². The number of hydrogen-bond donors (Lipinski definition) is 2. The highest BCUT2D eigenvalue weighted by molar-refractivity contribution is 5.37. The van der Waals surface area contributed by atoms with E-state index in [0.717, 1.165) is 18.9 Å². The SMILES string of the molecule is CC1COc2ccccc2C1NCC1CCCCC1CO. The molecule has 1 aromatic rings. The summed E-state index contributed by atoms with van der Waals surface area (Å²) in [5, 5.41) is 13.3. The second-order valence-electron chi connectivity index (χ2n) is 6.70. The zero-order valence-corrected chi connectivity index (χ0v) is 12.9. The van der Waals surface area contributed by atoms with Crippen LogP contribution in [-0.2, 0) is 0 Å². The zero-order chi connectivity index (χ0) is 14.7. The van der Waals surface area contributed by atoms with Gasteiger partial charge in [0.15, 0.2) is 0 Å². The molecule has 4 atom stereocenters. The van der Waals surface area contributed by atoms with E-state index in [1.807, 2.05) is 6.07 Å². The van der Waals surface area contributed by atoms with Gasteiger partial charge in [-0.05, 0) is 37.3 Å². The molecule has 0 radical (unpaired) electrons. The average Bonchev–Trinajstić information content (AvgIpc) is 2.54. The molecule has 1 saturated carbocycles. The molecule has 0 saturated heterocycles. The Morgan fingerprint density at radius 3 is 2.76 bits per heavy atom. The molecule has 0 bridgehead atoms. The van der Waals surface area contributed by atoms with Crippen molar-refractivity contribution in [1.29, 1.82) is 0 Å². The number of benzene rings is 1. The standard InChI is InChI=1S/C18H27NO2/c1-13-12-21-17-9-5-4-8-16(17)18(13)19-10-14-6-2-3-7-15(14)11-20/h4-5,8-9,13-15,18-20H,2-3,6-7,10-12H2,1H3. The van der Waals surface area contributed by atoms with Crippen molar-refractivity contribution < 1.29 is 9.84 Å². The van der Waals surface area contributed by atoms with Gasteiger partial charge in [-0.3, -0.25) is 0 Å². The van der Waals surface area contributed by atoms with Crippen molar-refractivity contribution in [2.45, 2.75) is 38.6 Å². The fourth-order valence-electron chi connectivity index (χ4n) is 3.88. The van der Waals surface area contributed by atoms with Crippen LogP contribution in [-0.4, -0.2) is 24.9 Å². The lowest BCUT2D eigenvalue weighted by Gasteiger charge is -2.36. The van der Waals surface area contributed by atoms with E-state index in [4.69, 9.17) is 4.74 Å². The monoisotopic (exact) mass is 289 g/mol. The second kappa shape index (κ2) is 6.80. The first-order chi connectivity index (χ1) is 10.3.